The molecular formula is C27H27ClN4O5. The minimum absolute atomic E-state index is 0.210. The van der Waals surface area contributed by atoms with Crippen molar-refractivity contribution in [1.82, 2.24) is 5.43 Å². The normalized spacial score (nSPS) is 10.6. The zero-order valence-corrected chi connectivity index (χ0v) is 21.4. The number of aryl methyl sites for hydroxylation is 2. The molecular weight excluding hydrogens is 496 g/mol. The first-order valence-electron chi connectivity index (χ1n) is 11.4. The SMILES string of the molecule is CCOc1cc(/C=N\NC(=O)C(=O)Nc2cccc(Cl)c2)ccc1OCC(=O)Nc1cc(C)ccc1C. The Labute approximate surface area is 219 Å². The zero-order valence-electron chi connectivity index (χ0n) is 20.6. The summed E-state index contributed by atoms with van der Waals surface area (Å²) in [4.78, 5) is 36.4. The lowest BCUT2D eigenvalue weighted by atomic mass is 10.1. The summed E-state index contributed by atoms with van der Waals surface area (Å²) in [5.74, 6) is -1.37. The molecule has 9 nitrogen and oxygen atoms in total. The van der Waals surface area contributed by atoms with Gasteiger partial charge >= 0.3 is 11.8 Å². The van der Waals surface area contributed by atoms with Crippen LogP contribution in [0.2, 0.25) is 5.02 Å². The van der Waals surface area contributed by atoms with E-state index in [1.165, 1.54) is 12.3 Å². The van der Waals surface area contributed by atoms with Gasteiger partial charge in [-0.3, -0.25) is 14.4 Å². The molecule has 0 bridgehead atoms. The van der Waals surface area contributed by atoms with Crippen molar-refractivity contribution in [3.63, 3.8) is 0 Å². The third kappa shape index (κ3) is 8.36. The van der Waals surface area contributed by atoms with Crippen LogP contribution in [-0.2, 0) is 14.4 Å². The van der Waals surface area contributed by atoms with Crippen molar-refractivity contribution in [3.05, 3.63) is 82.4 Å². The molecule has 37 heavy (non-hydrogen) atoms. The molecule has 192 valence electrons. The number of hydrogen-bond acceptors (Lipinski definition) is 6. The first kappa shape index (κ1) is 27.2. The van der Waals surface area contributed by atoms with Crippen molar-refractivity contribution in [3.8, 4) is 11.5 Å². The van der Waals surface area contributed by atoms with Crippen LogP contribution in [0.25, 0.3) is 0 Å². The smallest absolute Gasteiger partial charge is 0.329 e. The summed E-state index contributed by atoms with van der Waals surface area (Å²) < 4.78 is 11.3. The van der Waals surface area contributed by atoms with Crippen molar-refractivity contribution in [2.75, 3.05) is 23.8 Å². The van der Waals surface area contributed by atoms with Crippen LogP contribution in [0.4, 0.5) is 11.4 Å². The average molecular weight is 523 g/mol. The Kier molecular flexibility index (Phi) is 9.62. The summed E-state index contributed by atoms with van der Waals surface area (Å²) in [7, 11) is 0. The minimum Gasteiger partial charge on any atom is -0.490 e. The second-order valence-corrected chi connectivity index (χ2v) is 8.39. The third-order valence-electron chi connectivity index (χ3n) is 4.96. The average Bonchev–Trinajstić information content (AvgIpc) is 2.86. The molecule has 3 aromatic rings. The number of carbonyl (C=O) groups excluding carboxylic acids is 3. The molecule has 0 aliphatic carbocycles. The predicted octanol–water partition coefficient (Wildman–Crippen LogP) is 4.46. The Morgan fingerprint density at radius 3 is 2.49 bits per heavy atom. The fourth-order valence-corrected chi connectivity index (χ4v) is 3.35. The fourth-order valence-electron chi connectivity index (χ4n) is 3.16. The monoisotopic (exact) mass is 522 g/mol. The van der Waals surface area contributed by atoms with E-state index in [9.17, 15) is 14.4 Å². The Bertz CT molecular complexity index is 1330. The summed E-state index contributed by atoms with van der Waals surface area (Å²) in [5.41, 5.74) is 5.84. The van der Waals surface area contributed by atoms with Gasteiger partial charge in [-0.1, -0.05) is 29.8 Å². The zero-order chi connectivity index (χ0) is 26.8. The molecule has 0 fully saturated rings. The van der Waals surface area contributed by atoms with Crippen LogP contribution < -0.4 is 25.5 Å². The molecule has 0 heterocycles. The third-order valence-corrected chi connectivity index (χ3v) is 5.20. The van der Waals surface area contributed by atoms with Gasteiger partial charge in [-0.2, -0.15) is 5.10 Å². The van der Waals surface area contributed by atoms with Crippen LogP contribution in [0.15, 0.2) is 65.8 Å². The highest BCUT2D eigenvalue weighted by Gasteiger charge is 2.13. The second-order valence-electron chi connectivity index (χ2n) is 7.96. The van der Waals surface area contributed by atoms with Gasteiger partial charge in [-0.15, -0.1) is 0 Å². The molecule has 0 radical (unpaired) electrons. The van der Waals surface area contributed by atoms with E-state index < -0.39 is 11.8 Å². The Balaban J connectivity index is 1.57. The first-order valence-corrected chi connectivity index (χ1v) is 11.8. The number of rotatable bonds is 9. The van der Waals surface area contributed by atoms with Gasteiger partial charge in [0.05, 0.1) is 12.8 Å². The standard InChI is InChI=1S/C27H27ClN4O5/c1-4-36-24-13-19(15-29-32-27(35)26(34)30-21-7-5-6-20(28)14-21)10-11-23(24)37-16-25(33)31-22-12-17(2)8-9-18(22)3/h5-15H,4,16H2,1-3H3,(H,30,34)(H,31,33)(H,32,35)/b29-15-. The van der Waals surface area contributed by atoms with Gasteiger partial charge in [0.25, 0.3) is 5.91 Å². The molecule has 0 aliphatic heterocycles. The van der Waals surface area contributed by atoms with Crippen molar-refractivity contribution >= 4 is 46.9 Å². The summed E-state index contributed by atoms with van der Waals surface area (Å²) in [6.45, 7) is 5.84. The number of nitrogens with zero attached hydrogens (tertiary/aromatic N) is 1. The highest BCUT2D eigenvalue weighted by atomic mass is 35.5. The van der Waals surface area contributed by atoms with Gasteiger partial charge in [-0.25, -0.2) is 5.43 Å². The number of anilines is 2. The van der Waals surface area contributed by atoms with Crippen molar-refractivity contribution in [1.29, 1.82) is 0 Å². The molecule has 3 rings (SSSR count). The van der Waals surface area contributed by atoms with E-state index in [0.29, 0.717) is 34.4 Å². The van der Waals surface area contributed by atoms with Crippen molar-refractivity contribution in [2.24, 2.45) is 5.10 Å². The molecule has 0 saturated heterocycles. The van der Waals surface area contributed by atoms with Gasteiger partial charge in [0.2, 0.25) is 0 Å². The van der Waals surface area contributed by atoms with E-state index in [2.05, 4.69) is 21.2 Å². The van der Waals surface area contributed by atoms with E-state index in [0.717, 1.165) is 16.8 Å². The first-order chi connectivity index (χ1) is 17.7. The molecule has 0 unspecified atom stereocenters. The Morgan fingerprint density at radius 1 is 0.919 bits per heavy atom. The summed E-state index contributed by atoms with van der Waals surface area (Å²) in [6, 6.07) is 17.2. The van der Waals surface area contributed by atoms with E-state index in [-0.39, 0.29) is 12.5 Å². The maximum absolute atomic E-state index is 12.4. The largest absolute Gasteiger partial charge is 0.490 e. The van der Waals surface area contributed by atoms with Gasteiger partial charge in [0, 0.05) is 16.4 Å². The lowest BCUT2D eigenvalue weighted by molar-refractivity contribution is -0.136. The van der Waals surface area contributed by atoms with Crippen LogP contribution in [0.3, 0.4) is 0 Å². The fraction of sp³-hybridized carbons (Fsp3) is 0.185. The van der Waals surface area contributed by atoms with Gasteiger partial charge in [0.15, 0.2) is 18.1 Å². The lowest BCUT2D eigenvalue weighted by Crippen LogP contribution is -2.32. The molecule has 10 heteroatoms. The van der Waals surface area contributed by atoms with Crippen LogP contribution >= 0.6 is 11.6 Å². The number of halogens is 1. The van der Waals surface area contributed by atoms with E-state index >= 15 is 0 Å². The highest BCUT2D eigenvalue weighted by molar-refractivity contribution is 6.39. The number of ether oxygens (including phenoxy) is 2. The minimum atomic E-state index is -0.948. The van der Waals surface area contributed by atoms with E-state index in [4.69, 9.17) is 21.1 Å². The summed E-state index contributed by atoms with van der Waals surface area (Å²) in [6.07, 6.45) is 1.35. The van der Waals surface area contributed by atoms with Gasteiger partial charge in [0.1, 0.15) is 0 Å². The number of hydrogen-bond donors (Lipinski definition) is 3. The molecule has 0 aliphatic rings. The second kappa shape index (κ2) is 13.1. The van der Waals surface area contributed by atoms with Crippen LogP contribution in [0, 0.1) is 13.8 Å². The summed E-state index contributed by atoms with van der Waals surface area (Å²) >= 11 is 5.87. The quantitative estimate of drug-likeness (QED) is 0.218. The molecule has 0 atom stereocenters. The molecule has 3 N–H and O–H groups in total. The number of hydrazone groups is 1. The van der Waals surface area contributed by atoms with Gasteiger partial charge in [-0.05, 0) is 79.9 Å². The number of amides is 3. The van der Waals surface area contributed by atoms with E-state index in [1.54, 1.807) is 36.4 Å². The molecule has 0 spiro atoms. The molecule has 3 amide bonds. The van der Waals surface area contributed by atoms with Crippen LogP contribution in [-0.4, -0.2) is 37.1 Å². The maximum Gasteiger partial charge on any atom is 0.329 e. The molecule has 3 aromatic carbocycles. The topological polar surface area (TPSA) is 118 Å². The highest BCUT2D eigenvalue weighted by Crippen LogP contribution is 2.28. The van der Waals surface area contributed by atoms with Gasteiger partial charge < -0.3 is 20.1 Å². The molecule has 0 saturated carbocycles. The van der Waals surface area contributed by atoms with Crippen LogP contribution in [0.1, 0.15) is 23.6 Å². The van der Waals surface area contributed by atoms with Crippen molar-refractivity contribution < 1.29 is 23.9 Å². The lowest BCUT2D eigenvalue weighted by Gasteiger charge is -2.13. The molecule has 0 aromatic heterocycles. The van der Waals surface area contributed by atoms with E-state index in [1.807, 2.05) is 39.0 Å². The summed E-state index contributed by atoms with van der Waals surface area (Å²) in [5, 5.41) is 9.52. The number of carbonyl (C=O) groups is 3. The predicted molar refractivity (Wildman–Crippen MR) is 143 cm³/mol. The number of benzene rings is 3. The number of nitrogens with one attached hydrogen (secondary N) is 3. The Morgan fingerprint density at radius 2 is 1.73 bits per heavy atom. The Hall–Kier alpha value is -4.37. The van der Waals surface area contributed by atoms with Crippen molar-refractivity contribution in [2.45, 2.75) is 20.8 Å². The maximum atomic E-state index is 12.4. The van der Waals surface area contributed by atoms with Crippen LogP contribution in [0.5, 0.6) is 11.5 Å².